The number of nitrogens with zero attached hydrogens (tertiary/aromatic N) is 3. The maximum atomic E-state index is 5.83. The maximum Gasteiger partial charge on any atom is 0.134 e. The van der Waals surface area contributed by atoms with Crippen molar-refractivity contribution in [2.45, 2.75) is 37.3 Å². The van der Waals surface area contributed by atoms with Crippen LogP contribution in [0.5, 0.6) is 0 Å². The van der Waals surface area contributed by atoms with E-state index in [9.17, 15) is 0 Å². The van der Waals surface area contributed by atoms with E-state index in [0.717, 1.165) is 37.8 Å². The second-order valence-corrected chi connectivity index (χ2v) is 7.44. The Morgan fingerprint density at radius 1 is 1.08 bits per heavy atom. The van der Waals surface area contributed by atoms with Gasteiger partial charge in [0.2, 0.25) is 0 Å². The number of benzene rings is 1. The van der Waals surface area contributed by atoms with Crippen LogP contribution in [0.4, 0.5) is 11.6 Å². The van der Waals surface area contributed by atoms with Crippen molar-refractivity contribution >= 4 is 11.6 Å². The lowest BCUT2D eigenvalue weighted by Gasteiger charge is -2.33. The lowest BCUT2D eigenvalue weighted by molar-refractivity contribution is 0.0461. The Morgan fingerprint density at radius 3 is 2.80 bits per heavy atom. The Kier molecular flexibility index (Phi) is 3.82. The molecule has 5 nitrogen and oxygen atoms in total. The van der Waals surface area contributed by atoms with Gasteiger partial charge in [0.25, 0.3) is 0 Å². The molecule has 2 aliphatic heterocycles. The van der Waals surface area contributed by atoms with Crippen molar-refractivity contribution in [3.63, 3.8) is 0 Å². The van der Waals surface area contributed by atoms with Crippen LogP contribution in [0.1, 0.15) is 30.7 Å². The first-order chi connectivity index (χ1) is 12.4. The molecule has 0 radical (unpaired) electrons. The number of ether oxygens (including phenoxy) is 1. The van der Waals surface area contributed by atoms with Gasteiger partial charge in [-0.3, -0.25) is 0 Å². The number of aromatic nitrogens is 2. The summed E-state index contributed by atoms with van der Waals surface area (Å²) in [5.74, 6) is 3.04. The van der Waals surface area contributed by atoms with E-state index in [-0.39, 0.29) is 0 Å². The van der Waals surface area contributed by atoms with Crippen molar-refractivity contribution in [2.24, 2.45) is 5.92 Å². The molecule has 5 heteroatoms. The molecule has 3 fully saturated rings. The van der Waals surface area contributed by atoms with E-state index < -0.39 is 0 Å². The van der Waals surface area contributed by atoms with Gasteiger partial charge in [-0.15, -0.1) is 0 Å². The highest BCUT2D eigenvalue weighted by molar-refractivity contribution is 5.52. The Hall–Kier alpha value is -2.14. The normalized spacial score (nSPS) is 28.6. The van der Waals surface area contributed by atoms with E-state index in [4.69, 9.17) is 4.74 Å². The first-order valence-electron chi connectivity index (χ1n) is 9.36. The molecule has 5 rings (SSSR count). The molecule has 3 unspecified atom stereocenters. The first-order valence-corrected chi connectivity index (χ1v) is 9.36. The number of hydrogen-bond donors (Lipinski definition) is 1. The summed E-state index contributed by atoms with van der Waals surface area (Å²) in [4.78, 5) is 11.5. The SMILES string of the molecule is c1ccc(C2CN(c3cc(NC4CC4)ncn3)C3CCOCC23)cc1. The van der Waals surface area contributed by atoms with Crippen molar-refractivity contribution in [1.29, 1.82) is 0 Å². The second kappa shape index (κ2) is 6.30. The zero-order valence-corrected chi connectivity index (χ0v) is 14.3. The Labute approximate surface area is 148 Å². The van der Waals surface area contributed by atoms with Crippen LogP contribution >= 0.6 is 0 Å². The summed E-state index contributed by atoms with van der Waals surface area (Å²) in [6.07, 6.45) is 5.27. The van der Waals surface area contributed by atoms with Gasteiger partial charge in [-0.2, -0.15) is 0 Å². The summed E-state index contributed by atoms with van der Waals surface area (Å²) >= 11 is 0. The summed E-state index contributed by atoms with van der Waals surface area (Å²) in [5, 5.41) is 3.49. The Morgan fingerprint density at radius 2 is 1.96 bits per heavy atom. The highest BCUT2D eigenvalue weighted by atomic mass is 16.5. The van der Waals surface area contributed by atoms with Gasteiger partial charge in [0.15, 0.2) is 0 Å². The molecule has 130 valence electrons. The predicted octanol–water partition coefficient (Wildman–Crippen LogP) is 3.06. The van der Waals surface area contributed by atoms with Gasteiger partial charge >= 0.3 is 0 Å². The minimum absolute atomic E-state index is 0.501. The van der Waals surface area contributed by atoms with Gasteiger partial charge in [0, 0.05) is 43.1 Å². The molecule has 1 N–H and O–H groups in total. The average Bonchev–Trinajstić information content (AvgIpc) is 3.40. The predicted molar refractivity (Wildman–Crippen MR) is 97.9 cm³/mol. The molecule has 25 heavy (non-hydrogen) atoms. The van der Waals surface area contributed by atoms with Gasteiger partial charge < -0.3 is 15.0 Å². The molecule has 1 saturated carbocycles. The monoisotopic (exact) mass is 336 g/mol. The van der Waals surface area contributed by atoms with Crippen molar-refractivity contribution in [2.75, 3.05) is 30.0 Å². The molecular weight excluding hydrogens is 312 g/mol. The Balaban J connectivity index is 1.44. The van der Waals surface area contributed by atoms with E-state index in [1.165, 1.54) is 18.4 Å². The molecular formula is C20H24N4O. The number of fused-ring (bicyclic) bond motifs is 1. The minimum atomic E-state index is 0.501. The lowest BCUT2D eigenvalue weighted by atomic mass is 9.84. The molecule has 1 aliphatic carbocycles. The van der Waals surface area contributed by atoms with Crippen LogP contribution in [0.3, 0.4) is 0 Å². The molecule has 1 aromatic carbocycles. The number of anilines is 2. The van der Waals surface area contributed by atoms with Gasteiger partial charge in [-0.1, -0.05) is 30.3 Å². The highest BCUT2D eigenvalue weighted by Gasteiger charge is 2.44. The highest BCUT2D eigenvalue weighted by Crippen LogP contribution is 2.42. The van der Waals surface area contributed by atoms with Gasteiger partial charge in [0.1, 0.15) is 18.0 Å². The summed E-state index contributed by atoms with van der Waals surface area (Å²) in [6.45, 7) is 2.69. The van der Waals surface area contributed by atoms with Crippen LogP contribution in [0, 0.1) is 5.92 Å². The number of hydrogen-bond acceptors (Lipinski definition) is 5. The van der Waals surface area contributed by atoms with Crippen molar-refractivity contribution in [1.82, 2.24) is 9.97 Å². The van der Waals surface area contributed by atoms with E-state index in [1.807, 2.05) is 0 Å². The van der Waals surface area contributed by atoms with E-state index >= 15 is 0 Å². The molecule has 2 saturated heterocycles. The third-order valence-electron chi connectivity index (χ3n) is 5.78. The topological polar surface area (TPSA) is 50.3 Å². The lowest BCUT2D eigenvalue weighted by Crippen LogP contribution is -2.39. The van der Waals surface area contributed by atoms with Crippen LogP contribution in [-0.4, -0.2) is 41.8 Å². The molecule has 0 amide bonds. The standard InChI is InChI=1S/C20H24N4O/c1-2-4-14(5-3-1)16-11-24(18-8-9-25-12-17(16)18)20-10-19(21-13-22-20)23-15-6-7-15/h1-5,10,13,15-18H,6-9,11-12H2,(H,21,22,23). The number of rotatable bonds is 4. The second-order valence-electron chi connectivity index (χ2n) is 7.44. The van der Waals surface area contributed by atoms with Gasteiger partial charge in [0.05, 0.1) is 6.61 Å². The average molecular weight is 336 g/mol. The van der Waals surface area contributed by atoms with Crippen LogP contribution in [0.15, 0.2) is 42.7 Å². The largest absolute Gasteiger partial charge is 0.381 e. The first kappa shape index (κ1) is 15.1. The van der Waals surface area contributed by atoms with Crippen LogP contribution in [-0.2, 0) is 4.74 Å². The molecule has 3 atom stereocenters. The van der Waals surface area contributed by atoms with Crippen LogP contribution in [0.2, 0.25) is 0 Å². The summed E-state index contributed by atoms with van der Waals surface area (Å²) in [6, 6.07) is 14.1. The smallest absolute Gasteiger partial charge is 0.134 e. The maximum absolute atomic E-state index is 5.83. The zero-order valence-electron chi connectivity index (χ0n) is 14.3. The third kappa shape index (κ3) is 2.97. The summed E-state index contributed by atoms with van der Waals surface area (Å²) in [7, 11) is 0. The van der Waals surface area contributed by atoms with Crippen molar-refractivity contribution in [3.05, 3.63) is 48.3 Å². The fraction of sp³-hybridized carbons (Fsp3) is 0.500. The summed E-state index contributed by atoms with van der Waals surface area (Å²) in [5.41, 5.74) is 1.41. The van der Waals surface area contributed by atoms with Crippen LogP contribution in [0.25, 0.3) is 0 Å². The minimum Gasteiger partial charge on any atom is -0.381 e. The third-order valence-corrected chi connectivity index (χ3v) is 5.78. The molecule has 3 heterocycles. The van der Waals surface area contributed by atoms with Gasteiger partial charge in [-0.25, -0.2) is 9.97 Å². The molecule has 1 aromatic heterocycles. The van der Waals surface area contributed by atoms with Crippen LogP contribution < -0.4 is 10.2 Å². The number of nitrogens with one attached hydrogen (secondary N) is 1. The zero-order chi connectivity index (χ0) is 16.6. The molecule has 3 aliphatic rings. The fourth-order valence-electron chi connectivity index (χ4n) is 4.34. The van der Waals surface area contributed by atoms with E-state index in [0.29, 0.717) is 23.9 Å². The quantitative estimate of drug-likeness (QED) is 0.930. The van der Waals surface area contributed by atoms with E-state index in [2.05, 4.69) is 56.6 Å². The van der Waals surface area contributed by atoms with Gasteiger partial charge in [-0.05, 0) is 24.8 Å². The molecule has 2 aromatic rings. The molecule has 0 bridgehead atoms. The Bertz CT molecular complexity index is 733. The van der Waals surface area contributed by atoms with Crippen molar-refractivity contribution in [3.8, 4) is 0 Å². The fourth-order valence-corrected chi connectivity index (χ4v) is 4.34. The molecule has 0 spiro atoms. The van der Waals surface area contributed by atoms with E-state index in [1.54, 1.807) is 6.33 Å². The summed E-state index contributed by atoms with van der Waals surface area (Å²) < 4.78 is 5.83. The van der Waals surface area contributed by atoms with Crippen molar-refractivity contribution < 1.29 is 4.74 Å².